The monoisotopic (exact) mass is 351 g/mol. The van der Waals surface area contributed by atoms with Gasteiger partial charge in [0.25, 0.3) is 0 Å². The van der Waals surface area contributed by atoms with Crippen LogP contribution in [0.25, 0.3) is 0 Å². The number of nitrogens with zero attached hydrogens (tertiary/aromatic N) is 2. The molecule has 2 saturated heterocycles. The van der Waals surface area contributed by atoms with Crippen molar-refractivity contribution in [2.45, 2.75) is 72.4 Å². The Morgan fingerprint density at radius 3 is 2.28 bits per heavy atom. The molecule has 0 aromatic carbocycles. The summed E-state index contributed by atoms with van der Waals surface area (Å²) in [4.78, 5) is 40.4. The van der Waals surface area contributed by atoms with Crippen LogP contribution < -0.4 is 5.32 Å². The Hall–Kier alpha value is -1.59. The van der Waals surface area contributed by atoms with Crippen molar-refractivity contribution < 1.29 is 14.4 Å². The van der Waals surface area contributed by atoms with Crippen molar-refractivity contribution in [2.75, 3.05) is 19.6 Å². The second-order valence-electron chi connectivity index (χ2n) is 8.94. The molecule has 1 atom stereocenters. The average molecular weight is 351 g/mol. The van der Waals surface area contributed by atoms with Gasteiger partial charge in [0.05, 0.1) is 5.92 Å². The lowest BCUT2D eigenvalue weighted by atomic mass is 9.91. The highest BCUT2D eigenvalue weighted by molar-refractivity contribution is 5.89. The predicted molar refractivity (Wildman–Crippen MR) is 96.8 cm³/mol. The minimum absolute atomic E-state index is 0.000548. The smallest absolute Gasteiger partial charge is 0.225 e. The van der Waals surface area contributed by atoms with Crippen LogP contribution in [0.15, 0.2) is 0 Å². The maximum absolute atomic E-state index is 12.5. The Labute approximate surface area is 151 Å². The van der Waals surface area contributed by atoms with Crippen LogP contribution in [-0.4, -0.2) is 59.2 Å². The molecule has 0 saturated carbocycles. The van der Waals surface area contributed by atoms with Gasteiger partial charge in [-0.3, -0.25) is 14.4 Å². The zero-order valence-corrected chi connectivity index (χ0v) is 16.3. The summed E-state index contributed by atoms with van der Waals surface area (Å²) in [7, 11) is 0. The summed E-state index contributed by atoms with van der Waals surface area (Å²) in [6, 6.07) is 0.247. The van der Waals surface area contributed by atoms with Crippen LogP contribution in [0.5, 0.6) is 0 Å². The largest absolute Gasteiger partial charge is 0.353 e. The third-order valence-corrected chi connectivity index (χ3v) is 5.03. The molecular weight excluding hydrogens is 318 g/mol. The summed E-state index contributed by atoms with van der Waals surface area (Å²) < 4.78 is 0. The Morgan fingerprint density at radius 2 is 1.80 bits per heavy atom. The number of likely N-dealkylation sites (tertiary alicyclic amines) is 2. The van der Waals surface area contributed by atoms with E-state index in [-0.39, 0.29) is 41.1 Å². The lowest BCUT2D eigenvalue weighted by Gasteiger charge is -2.34. The molecule has 1 N–H and O–H groups in total. The molecule has 0 aromatic rings. The van der Waals surface area contributed by atoms with Gasteiger partial charge < -0.3 is 15.1 Å². The molecule has 142 valence electrons. The van der Waals surface area contributed by atoms with E-state index in [0.717, 1.165) is 12.8 Å². The van der Waals surface area contributed by atoms with E-state index in [1.54, 1.807) is 4.90 Å². The fourth-order valence-corrected chi connectivity index (χ4v) is 3.56. The van der Waals surface area contributed by atoms with Gasteiger partial charge in [-0.15, -0.1) is 0 Å². The normalized spacial score (nSPS) is 22.6. The highest BCUT2D eigenvalue weighted by Crippen LogP contribution is 2.23. The van der Waals surface area contributed by atoms with E-state index < -0.39 is 0 Å². The first-order chi connectivity index (χ1) is 11.6. The lowest BCUT2D eigenvalue weighted by molar-refractivity contribution is -0.134. The molecule has 3 amide bonds. The number of hydrogen-bond donors (Lipinski definition) is 1. The van der Waals surface area contributed by atoms with E-state index in [9.17, 15) is 14.4 Å². The van der Waals surface area contributed by atoms with Gasteiger partial charge in [-0.1, -0.05) is 20.8 Å². The fraction of sp³-hybridized carbons (Fsp3) is 0.842. The van der Waals surface area contributed by atoms with E-state index in [1.807, 2.05) is 18.7 Å². The Bertz CT molecular complexity index is 516. The first kappa shape index (κ1) is 19.7. The zero-order chi connectivity index (χ0) is 18.8. The van der Waals surface area contributed by atoms with Gasteiger partial charge in [0.2, 0.25) is 17.7 Å². The van der Waals surface area contributed by atoms with Crippen LogP contribution in [0.2, 0.25) is 0 Å². The van der Waals surface area contributed by atoms with Gasteiger partial charge in [0.1, 0.15) is 0 Å². The van der Waals surface area contributed by atoms with Crippen LogP contribution in [0, 0.1) is 11.3 Å². The molecule has 2 heterocycles. The molecular formula is C19H33N3O3. The van der Waals surface area contributed by atoms with Gasteiger partial charge in [-0.05, 0) is 32.1 Å². The Balaban J connectivity index is 1.78. The minimum atomic E-state index is -0.240. The van der Waals surface area contributed by atoms with Crippen molar-refractivity contribution in [3.63, 3.8) is 0 Å². The predicted octanol–water partition coefficient (Wildman–Crippen LogP) is 1.79. The molecule has 2 rings (SSSR count). The summed E-state index contributed by atoms with van der Waals surface area (Å²) >= 11 is 0. The van der Waals surface area contributed by atoms with Crippen molar-refractivity contribution in [3.8, 4) is 0 Å². The second kappa shape index (κ2) is 7.75. The van der Waals surface area contributed by atoms with E-state index in [1.165, 1.54) is 0 Å². The van der Waals surface area contributed by atoms with Gasteiger partial charge in [0, 0.05) is 44.6 Å². The molecule has 0 spiro atoms. The van der Waals surface area contributed by atoms with E-state index in [2.05, 4.69) is 26.1 Å². The molecule has 0 bridgehead atoms. The SMILES string of the molecule is CC(C)N1CC(C(=O)NC2CCN(C(=O)CC(C)(C)C)CC2)CC1=O. The number of hydrogen-bond acceptors (Lipinski definition) is 3. The molecule has 6 heteroatoms. The van der Waals surface area contributed by atoms with Crippen molar-refractivity contribution in [1.82, 2.24) is 15.1 Å². The quantitative estimate of drug-likeness (QED) is 0.839. The standard InChI is InChI=1S/C19H33N3O3/c1-13(2)22-12-14(10-16(22)23)18(25)20-15-6-8-21(9-7-15)17(24)11-19(3,4)5/h13-15H,6-12H2,1-5H3,(H,20,25). The van der Waals surface area contributed by atoms with Crippen LogP contribution >= 0.6 is 0 Å². The Kier molecular flexibility index (Phi) is 6.12. The van der Waals surface area contributed by atoms with Gasteiger partial charge in [-0.25, -0.2) is 0 Å². The van der Waals surface area contributed by atoms with Crippen molar-refractivity contribution in [2.24, 2.45) is 11.3 Å². The number of rotatable bonds is 4. The summed E-state index contributed by atoms with van der Waals surface area (Å²) in [5, 5.41) is 3.09. The molecule has 2 aliphatic rings. The third kappa shape index (κ3) is 5.44. The van der Waals surface area contributed by atoms with Crippen molar-refractivity contribution >= 4 is 17.7 Å². The fourth-order valence-electron chi connectivity index (χ4n) is 3.56. The molecule has 25 heavy (non-hydrogen) atoms. The first-order valence-electron chi connectivity index (χ1n) is 9.44. The average Bonchev–Trinajstić information content (AvgIpc) is 2.88. The number of carbonyl (C=O) groups excluding carboxylic acids is 3. The van der Waals surface area contributed by atoms with Crippen LogP contribution in [0.4, 0.5) is 0 Å². The third-order valence-electron chi connectivity index (χ3n) is 5.03. The van der Waals surface area contributed by atoms with Gasteiger partial charge in [-0.2, -0.15) is 0 Å². The van der Waals surface area contributed by atoms with Crippen LogP contribution in [0.1, 0.15) is 60.3 Å². The van der Waals surface area contributed by atoms with Crippen molar-refractivity contribution in [1.29, 1.82) is 0 Å². The summed E-state index contributed by atoms with van der Waals surface area (Å²) in [6.07, 6.45) is 2.44. The molecule has 2 aliphatic heterocycles. The highest BCUT2D eigenvalue weighted by atomic mass is 16.2. The topological polar surface area (TPSA) is 69.7 Å². The number of piperidine rings is 1. The highest BCUT2D eigenvalue weighted by Gasteiger charge is 2.36. The van der Waals surface area contributed by atoms with E-state index >= 15 is 0 Å². The summed E-state index contributed by atoms with van der Waals surface area (Å²) in [5.41, 5.74) is -0.000548. The summed E-state index contributed by atoms with van der Waals surface area (Å²) in [5.74, 6) is 0.00964. The van der Waals surface area contributed by atoms with E-state index in [0.29, 0.717) is 32.5 Å². The Morgan fingerprint density at radius 1 is 1.20 bits per heavy atom. The zero-order valence-electron chi connectivity index (χ0n) is 16.3. The van der Waals surface area contributed by atoms with E-state index in [4.69, 9.17) is 0 Å². The molecule has 0 aromatic heterocycles. The molecule has 2 fully saturated rings. The first-order valence-corrected chi connectivity index (χ1v) is 9.44. The van der Waals surface area contributed by atoms with Crippen LogP contribution in [-0.2, 0) is 14.4 Å². The maximum atomic E-state index is 12.5. The maximum Gasteiger partial charge on any atom is 0.225 e. The number of amides is 3. The van der Waals surface area contributed by atoms with Gasteiger partial charge >= 0.3 is 0 Å². The number of carbonyl (C=O) groups is 3. The van der Waals surface area contributed by atoms with Gasteiger partial charge in [0.15, 0.2) is 0 Å². The molecule has 1 unspecified atom stereocenters. The van der Waals surface area contributed by atoms with Crippen LogP contribution in [0.3, 0.4) is 0 Å². The summed E-state index contributed by atoms with van der Waals surface area (Å²) in [6.45, 7) is 12.1. The lowest BCUT2D eigenvalue weighted by Crippen LogP contribution is -2.48. The number of nitrogens with one attached hydrogen (secondary N) is 1. The molecule has 0 aliphatic carbocycles. The second-order valence-corrected chi connectivity index (χ2v) is 8.94. The molecule has 6 nitrogen and oxygen atoms in total. The molecule has 0 radical (unpaired) electrons. The van der Waals surface area contributed by atoms with Crippen molar-refractivity contribution in [3.05, 3.63) is 0 Å². The minimum Gasteiger partial charge on any atom is -0.353 e.